The molecule has 7 heteroatoms. The van der Waals surface area contributed by atoms with Crippen LogP contribution in [0.3, 0.4) is 0 Å². The molecule has 0 amide bonds. The van der Waals surface area contributed by atoms with Crippen LogP contribution in [0.1, 0.15) is 25.7 Å². The molecule has 0 bridgehead atoms. The zero-order chi connectivity index (χ0) is 14.8. The van der Waals surface area contributed by atoms with E-state index in [0.717, 1.165) is 25.7 Å². The topological polar surface area (TPSA) is 72.2 Å². The van der Waals surface area contributed by atoms with E-state index in [1.807, 2.05) is 6.26 Å². The summed E-state index contributed by atoms with van der Waals surface area (Å²) < 4.78 is 27.7. The molecule has 2 unspecified atom stereocenters. The smallest absolute Gasteiger partial charge is 0.242 e. The third-order valence-electron chi connectivity index (χ3n) is 3.56. The van der Waals surface area contributed by atoms with Crippen LogP contribution in [0.5, 0.6) is 0 Å². The monoisotopic (exact) mass is 334 g/mol. The van der Waals surface area contributed by atoms with Gasteiger partial charge in [0.2, 0.25) is 10.0 Å². The molecule has 2 atom stereocenters. The largest absolute Gasteiger partial charge is 0.399 e. The maximum atomic E-state index is 12.4. The number of benzene rings is 1. The van der Waals surface area contributed by atoms with Crippen molar-refractivity contribution in [3.05, 3.63) is 23.2 Å². The van der Waals surface area contributed by atoms with E-state index in [9.17, 15) is 8.42 Å². The minimum absolute atomic E-state index is 0.0302. The molecule has 2 rings (SSSR count). The Hall–Kier alpha value is -0.430. The minimum atomic E-state index is -3.60. The lowest BCUT2D eigenvalue weighted by Crippen LogP contribution is -2.43. The molecule has 20 heavy (non-hydrogen) atoms. The predicted molar refractivity (Wildman–Crippen MR) is 85.7 cm³/mol. The second-order valence-corrected chi connectivity index (χ2v) is 8.14. The third kappa shape index (κ3) is 3.61. The summed E-state index contributed by atoms with van der Waals surface area (Å²) in [7, 11) is -3.60. The van der Waals surface area contributed by atoms with Gasteiger partial charge >= 0.3 is 0 Å². The van der Waals surface area contributed by atoms with Crippen LogP contribution in [0.4, 0.5) is 5.69 Å². The van der Waals surface area contributed by atoms with Crippen LogP contribution in [0, 0.1) is 0 Å². The zero-order valence-electron chi connectivity index (χ0n) is 11.3. The van der Waals surface area contributed by atoms with E-state index in [4.69, 9.17) is 17.3 Å². The highest BCUT2D eigenvalue weighted by molar-refractivity contribution is 7.99. The molecule has 1 aromatic rings. The molecule has 112 valence electrons. The van der Waals surface area contributed by atoms with Gasteiger partial charge < -0.3 is 5.73 Å². The SMILES string of the molecule is CSC1CCCCC1NS(=O)(=O)c1ccc(N)cc1Cl. The fraction of sp³-hybridized carbons (Fsp3) is 0.538. The first-order chi connectivity index (χ1) is 9.44. The lowest BCUT2D eigenvalue weighted by Gasteiger charge is -2.30. The molecule has 1 fully saturated rings. The number of hydrogen-bond donors (Lipinski definition) is 2. The summed E-state index contributed by atoms with van der Waals surface area (Å²) in [5.41, 5.74) is 6.05. The number of thioether (sulfide) groups is 1. The van der Waals surface area contributed by atoms with E-state index in [2.05, 4.69) is 4.72 Å². The normalized spacial score (nSPS) is 23.7. The van der Waals surface area contributed by atoms with Gasteiger partial charge in [-0.15, -0.1) is 0 Å². The van der Waals surface area contributed by atoms with E-state index in [-0.39, 0.29) is 16.0 Å². The standard InChI is InChI=1S/C13H19ClN2O2S2/c1-19-12-5-3-2-4-11(12)16-20(17,18)13-7-6-9(15)8-10(13)14/h6-8,11-12,16H,2-5,15H2,1H3. The molecule has 1 aromatic carbocycles. The molecule has 1 saturated carbocycles. The Bertz CT molecular complexity index is 578. The van der Waals surface area contributed by atoms with Crippen molar-refractivity contribution < 1.29 is 8.42 Å². The van der Waals surface area contributed by atoms with Gasteiger partial charge in [-0.25, -0.2) is 13.1 Å². The van der Waals surface area contributed by atoms with E-state index >= 15 is 0 Å². The van der Waals surface area contributed by atoms with Gasteiger partial charge in [0, 0.05) is 17.0 Å². The molecule has 0 aromatic heterocycles. The number of nitrogen functional groups attached to an aromatic ring is 1. The van der Waals surface area contributed by atoms with Crippen LogP contribution >= 0.6 is 23.4 Å². The van der Waals surface area contributed by atoms with Crippen molar-refractivity contribution in [2.45, 2.75) is 41.9 Å². The first kappa shape index (κ1) is 15.9. The number of nitrogens with two attached hydrogens (primary N) is 1. The molecule has 0 radical (unpaired) electrons. The van der Waals surface area contributed by atoms with E-state index < -0.39 is 10.0 Å². The first-order valence-electron chi connectivity index (χ1n) is 6.54. The number of rotatable bonds is 4. The maximum Gasteiger partial charge on any atom is 0.242 e. The van der Waals surface area contributed by atoms with Crippen LogP contribution in [-0.2, 0) is 10.0 Å². The van der Waals surface area contributed by atoms with Crippen molar-refractivity contribution in [3.8, 4) is 0 Å². The fourth-order valence-corrected chi connectivity index (χ4v) is 5.40. The Morgan fingerprint density at radius 3 is 2.70 bits per heavy atom. The molecule has 4 nitrogen and oxygen atoms in total. The van der Waals surface area contributed by atoms with Crippen molar-refractivity contribution in [2.24, 2.45) is 0 Å². The Morgan fingerprint density at radius 1 is 1.35 bits per heavy atom. The summed E-state index contributed by atoms with van der Waals surface area (Å²) >= 11 is 7.71. The second kappa shape index (κ2) is 6.56. The fourth-order valence-electron chi connectivity index (χ4n) is 2.51. The second-order valence-electron chi connectivity index (χ2n) is 4.98. The van der Waals surface area contributed by atoms with Gasteiger partial charge in [0.15, 0.2) is 0 Å². The van der Waals surface area contributed by atoms with E-state index in [1.165, 1.54) is 12.1 Å². The van der Waals surface area contributed by atoms with Crippen molar-refractivity contribution in [1.82, 2.24) is 4.72 Å². The van der Waals surface area contributed by atoms with E-state index in [1.54, 1.807) is 17.8 Å². The van der Waals surface area contributed by atoms with Gasteiger partial charge in [-0.2, -0.15) is 11.8 Å². The highest BCUT2D eigenvalue weighted by atomic mass is 35.5. The summed E-state index contributed by atoms with van der Waals surface area (Å²) in [5.74, 6) is 0. The lowest BCUT2D eigenvalue weighted by atomic mass is 9.96. The summed E-state index contributed by atoms with van der Waals surface area (Å²) in [6.45, 7) is 0. The number of halogens is 1. The van der Waals surface area contributed by atoms with Crippen LogP contribution in [0.25, 0.3) is 0 Å². The molecular weight excluding hydrogens is 316 g/mol. The average molecular weight is 335 g/mol. The number of sulfonamides is 1. The minimum Gasteiger partial charge on any atom is -0.399 e. The first-order valence-corrected chi connectivity index (χ1v) is 9.69. The molecule has 1 aliphatic rings. The van der Waals surface area contributed by atoms with Crippen molar-refractivity contribution in [2.75, 3.05) is 12.0 Å². The van der Waals surface area contributed by atoms with E-state index in [0.29, 0.717) is 10.9 Å². The van der Waals surface area contributed by atoms with Crippen molar-refractivity contribution >= 4 is 39.1 Å². The third-order valence-corrected chi connectivity index (χ3v) is 6.70. The molecular formula is C13H19ClN2O2S2. The molecule has 0 spiro atoms. The Balaban J connectivity index is 2.22. The van der Waals surface area contributed by atoms with Crippen molar-refractivity contribution in [1.29, 1.82) is 0 Å². The van der Waals surface area contributed by atoms with Gasteiger partial charge in [0.25, 0.3) is 0 Å². The highest BCUT2D eigenvalue weighted by Gasteiger charge is 2.29. The zero-order valence-corrected chi connectivity index (χ0v) is 13.7. The van der Waals surface area contributed by atoms with Crippen LogP contribution in [0.15, 0.2) is 23.1 Å². The summed E-state index contributed by atoms with van der Waals surface area (Å²) in [4.78, 5) is 0.0961. The predicted octanol–water partition coefficient (Wildman–Crippen LogP) is 2.87. The Morgan fingerprint density at radius 2 is 2.05 bits per heavy atom. The molecule has 1 aliphatic carbocycles. The lowest BCUT2D eigenvalue weighted by molar-refractivity contribution is 0.423. The van der Waals surface area contributed by atoms with Gasteiger partial charge in [0.05, 0.1) is 5.02 Å². The van der Waals surface area contributed by atoms with Gasteiger partial charge in [-0.05, 0) is 37.3 Å². The van der Waals surface area contributed by atoms with Crippen LogP contribution in [0.2, 0.25) is 5.02 Å². The van der Waals surface area contributed by atoms with Gasteiger partial charge in [0.1, 0.15) is 4.90 Å². The summed E-state index contributed by atoms with van der Waals surface area (Å²) in [5, 5.41) is 0.486. The molecule has 0 heterocycles. The number of anilines is 1. The van der Waals surface area contributed by atoms with Gasteiger partial charge in [-0.1, -0.05) is 24.4 Å². The molecule has 3 N–H and O–H groups in total. The number of hydrogen-bond acceptors (Lipinski definition) is 4. The van der Waals surface area contributed by atoms with Gasteiger partial charge in [-0.3, -0.25) is 0 Å². The Kier molecular flexibility index (Phi) is 5.23. The van der Waals surface area contributed by atoms with Crippen molar-refractivity contribution in [3.63, 3.8) is 0 Å². The Labute approximate surface area is 129 Å². The van der Waals surface area contributed by atoms with Crippen LogP contribution in [-0.4, -0.2) is 26.0 Å². The molecule has 0 saturated heterocycles. The number of nitrogens with one attached hydrogen (secondary N) is 1. The van der Waals surface area contributed by atoms with Crippen LogP contribution < -0.4 is 10.5 Å². The molecule has 0 aliphatic heterocycles. The summed E-state index contributed by atoms with van der Waals surface area (Å²) in [6.07, 6.45) is 6.15. The quantitative estimate of drug-likeness (QED) is 0.830. The summed E-state index contributed by atoms with van der Waals surface area (Å²) in [6, 6.07) is 4.44. The average Bonchev–Trinajstić information content (AvgIpc) is 2.38. The highest BCUT2D eigenvalue weighted by Crippen LogP contribution is 2.30. The maximum absolute atomic E-state index is 12.4.